The molecule has 0 aromatic heterocycles. The highest BCUT2D eigenvalue weighted by molar-refractivity contribution is 9.10. The number of anilines is 1. The number of hydrogen-bond donors (Lipinski definition) is 2. The summed E-state index contributed by atoms with van der Waals surface area (Å²) in [5.74, 6) is 0. The van der Waals surface area contributed by atoms with Gasteiger partial charge in [-0.3, -0.25) is 0 Å². The van der Waals surface area contributed by atoms with Gasteiger partial charge in [-0.05, 0) is 44.0 Å². The maximum Gasteiger partial charge on any atom is 0.389 e. The normalized spacial score (nSPS) is 15.1. The summed E-state index contributed by atoms with van der Waals surface area (Å²) in [7, 11) is 0. The lowest BCUT2D eigenvalue weighted by Gasteiger charge is -2.30. The molecule has 1 rings (SSSR count). The van der Waals surface area contributed by atoms with Gasteiger partial charge in [-0.25, -0.2) is 0 Å². The number of rotatable bonds is 6. The Hall–Kier alpha value is -0.750. The highest BCUT2D eigenvalue weighted by atomic mass is 79.9. The largest absolute Gasteiger partial charge is 0.394 e. The Balaban J connectivity index is 2.57. The molecule has 0 bridgehead atoms. The molecule has 0 saturated carbocycles. The highest BCUT2D eigenvalue weighted by Crippen LogP contribution is 2.27. The third kappa shape index (κ3) is 6.29. The van der Waals surface area contributed by atoms with Crippen LogP contribution in [-0.4, -0.2) is 23.4 Å². The Morgan fingerprint density at radius 2 is 1.74 bits per heavy atom. The number of hydrogen-bond acceptors (Lipinski definition) is 2. The molecule has 0 aliphatic carbocycles. The van der Waals surface area contributed by atoms with Crippen molar-refractivity contribution in [1.82, 2.24) is 0 Å². The second-order valence-corrected chi connectivity index (χ2v) is 5.74. The van der Waals surface area contributed by atoms with Crippen LogP contribution in [0.1, 0.15) is 26.2 Å². The standard InChI is InChI=1S/C13H17BrF3NO/c1-12(9-19,7-2-8-13(15,16)17)18-11-5-3-10(14)4-6-11/h3-6,18-19H,2,7-9H2,1H3. The summed E-state index contributed by atoms with van der Waals surface area (Å²) >= 11 is 3.30. The van der Waals surface area contributed by atoms with Crippen LogP contribution in [-0.2, 0) is 0 Å². The van der Waals surface area contributed by atoms with Gasteiger partial charge in [-0.1, -0.05) is 15.9 Å². The molecule has 1 unspecified atom stereocenters. The summed E-state index contributed by atoms with van der Waals surface area (Å²) < 4.78 is 37.3. The van der Waals surface area contributed by atoms with Gasteiger partial charge in [0.2, 0.25) is 0 Å². The van der Waals surface area contributed by atoms with Crippen molar-refractivity contribution in [2.24, 2.45) is 0 Å². The maximum atomic E-state index is 12.1. The third-order valence-corrected chi connectivity index (χ3v) is 3.36. The number of benzene rings is 1. The molecule has 0 fully saturated rings. The van der Waals surface area contributed by atoms with Gasteiger partial charge in [0.1, 0.15) is 0 Å². The van der Waals surface area contributed by atoms with Gasteiger partial charge in [0.05, 0.1) is 12.1 Å². The second kappa shape index (κ2) is 6.61. The average Bonchev–Trinajstić information content (AvgIpc) is 2.30. The molecule has 6 heteroatoms. The molecule has 108 valence electrons. The molecule has 2 nitrogen and oxygen atoms in total. The molecule has 1 atom stereocenters. The van der Waals surface area contributed by atoms with Gasteiger partial charge >= 0.3 is 6.18 Å². The minimum Gasteiger partial charge on any atom is -0.394 e. The van der Waals surface area contributed by atoms with Crippen molar-refractivity contribution in [2.75, 3.05) is 11.9 Å². The first-order valence-corrected chi connectivity index (χ1v) is 6.75. The van der Waals surface area contributed by atoms with Crippen LogP contribution < -0.4 is 5.32 Å². The van der Waals surface area contributed by atoms with Crippen LogP contribution in [0, 0.1) is 0 Å². The van der Waals surface area contributed by atoms with Crippen molar-refractivity contribution in [3.05, 3.63) is 28.7 Å². The summed E-state index contributed by atoms with van der Waals surface area (Å²) in [6, 6.07) is 7.27. The van der Waals surface area contributed by atoms with E-state index < -0.39 is 18.1 Å². The first-order valence-electron chi connectivity index (χ1n) is 5.95. The van der Waals surface area contributed by atoms with E-state index in [1.54, 1.807) is 6.92 Å². The molecule has 0 amide bonds. The fraction of sp³-hybridized carbons (Fsp3) is 0.538. The predicted molar refractivity (Wildman–Crippen MR) is 73.2 cm³/mol. The minimum atomic E-state index is -4.14. The number of alkyl halides is 3. The smallest absolute Gasteiger partial charge is 0.389 e. The van der Waals surface area contributed by atoms with Crippen molar-refractivity contribution in [2.45, 2.75) is 37.9 Å². The fourth-order valence-electron chi connectivity index (χ4n) is 1.74. The van der Waals surface area contributed by atoms with E-state index in [0.29, 0.717) is 0 Å². The molecular formula is C13H17BrF3NO. The lowest BCUT2D eigenvalue weighted by molar-refractivity contribution is -0.136. The van der Waals surface area contributed by atoms with Crippen molar-refractivity contribution < 1.29 is 18.3 Å². The van der Waals surface area contributed by atoms with Gasteiger partial charge in [0, 0.05) is 16.6 Å². The van der Waals surface area contributed by atoms with E-state index in [2.05, 4.69) is 21.2 Å². The maximum absolute atomic E-state index is 12.1. The van der Waals surface area contributed by atoms with Gasteiger partial charge in [0.15, 0.2) is 0 Å². The third-order valence-electron chi connectivity index (χ3n) is 2.83. The van der Waals surface area contributed by atoms with Crippen molar-refractivity contribution in [3.8, 4) is 0 Å². The zero-order valence-electron chi connectivity index (χ0n) is 10.6. The van der Waals surface area contributed by atoms with Crippen LogP contribution in [0.5, 0.6) is 0 Å². The van der Waals surface area contributed by atoms with E-state index in [4.69, 9.17) is 0 Å². The zero-order chi connectivity index (χ0) is 14.5. The van der Waals surface area contributed by atoms with Crippen molar-refractivity contribution in [3.63, 3.8) is 0 Å². The predicted octanol–water partition coefficient (Wildman–Crippen LogP) is 4.34. The van der Waals surface area contributed by atoms with E-state index in [0.717, 1.165) is 10.2 Å². The lowest BCUT2D eigenvalue weighted by atomic mass is 9.95. The molecule has 0 aliphatic heterocycles. The first kappa shape index (κ1) is 16.3. The Labute approximate surface area is 119 Å². The Morgan fingerprint density at radius 3 is 2.21 bits per heavy atom. The molecule has 2 N–H and O–H groups in total. The summed E-state index contributed by atoms with van der Waals surface area (Å²) in [4.78, 5) is 0. The molecule has 1 aromatic carbocycles. The van der Waals surface area contributed by atoms with E-state index in [9.17, 15) is 18.3 Å². The van der Waals surface area contributed by atoms with E-state index in [1.807, 2.05) is 24.3 Å². The van der Waals surface area contributed by atoms with Gasteiger partial charge in [0.25, 0.3) is 0 Å². The summed E-state index contributed by atoms with van der Waals surface area (Å²) in [6.07, 6.45) is -4.73. The SMILES string of the molecule is CC(CO)(CCCC(F)(F)F)Nc1ccc(Br)cc1. The summed E-state index contributed by atoms with van der Waals surface area (Å²) in [6.45, 7) is 1.49. The molecule has 0 heterocycles. The van der Waals surface area contributed by atoms with Crippen molar-refractivity contribution in [1.29, 1.82) is 0 Å². The number of nitrogens with one attached hydrogen (secondary N) is 1. The monoisotopic (exact) mass is 339 g/mol. The lowest BCUT2D eigenvalue weighted by Crippen LogP contribution is -2.39. The van der Waals surface area contributed by atoms with Crippen LogP contribution in [0.25, 0.3) is 0 Å². The number of aliphatic hydroxyl groups is 1. The fourth-order valence-corrected chi connectivity index (χ4v) is 2.01. The molecular weight excluding hydrogens is 323 g/mol. The topological polar surface area (TPSA) is 32.3 Å². The van der Waals surface area contributed by atoms with E-state index in [-0.39, 0.29) is 19.4 Å². The van der Waals surface area contributed by atoms with Crippen molar-refractivity contribution >= 4 is 21.6 Å². The van der Waals surface area contributed by atoms with Gasteiger partial charge in [-0.2, -0.15) is 13.2 Å². The van der Waals surface area contributed by atoms with Gasteiger partial charge < -0.3 is 10.4 Å². The van der Waals surface area contributed by atoms with E-state index in [1.165, 1.54) is 0 Å². The molecule has 0 radical (unpaired) electrons. The molecule has 0 spiro atoms. The van der Waals surface area contributed by atoms with Crippen LogP contribution in [0.2, 0.25) is 0 Å². The van der Waals surface area contributed by atoms with Crippen LogP contribution in [0.4, 0.5) is 18.9 Å². The Kier molecular flexibility index (Phi) is 5.67. The molecule has 0 saturated heterocycles. The highest BCUT2D eigenvalue weighted by Gasteiger charge is 2.29. The van der Waals surface area contributed by atoms with E-state index >= 15 is 0 Å². The zero-order valence-corrected chi connectivity index (χ0v) is 12.2. The molecule has 1 aromatic rings. The number of aliphatic hydroxyl groups excluding tert-OH is 1. The van der Waals surface area contributed by atoms with Gasteiger partial charge in [-0.15, -0.1) is 0 Å². The van der Waals surface area contributed by atoms with Crippen LogP contribution in [0.15, 0.2) is 28.7 Å². The Morgan fingerprint density at radius 1 is 1.16 bits per heavy atom. The average molecular weight is 340 g/mol. The summed E-state index contributed by atoms with van der Waals surface area (Å²) in [5, 5.41) is 12.5. The number of halogens is 4. The quantitative estimate of drug-likeness (QED) is 0.807. The first-order chi connectivity index (χ1) is 8.74. The molecule has 19 heavy (non-hydrogen) atoms. The van der Waals surface area contributed by atoms with Crippen LogP contribution in [0.3, 0.4) is 0 Å². The molecule has 0 aliphatic rings. The Bertz CT molecular complexity index is 394. The summed E-state index contributed by atoms with van der Waals surface area (Å²) in [5.41, 5.74) is 0.0192. The minimum absolute atomic E-state index is 0.00983. The van der Waals surface area contributed by atoms with Crippen LogP contribution >= 0.6 is 15.9 Å². The second-order valence-electron chi connectivity index (χ2n) is 4.82.